The van der Waals surface area contributed by atoms with Gasteiger partial charge in [-0.2, -0.15) is 0 Å². The van der Waals surface area contributed by atoms with Crippen molar-refractivity contribution >= 4 is 18.0 Å². The van der Waals surface area contributed by atoms with Gasteiger partial charge in [-0.15, -0.1) is 0 Å². The van der Waals surface area contributed by atoms with Crippen LogP contribution in [0.2, 0.25) is 0 Å². The summed E-state index contributed by atoms with van der Waals surface area (Å²) < 4.78 is 4.55. The molecule has 0 atom stereocenters. The van der Waals surface area contributed by atoms with Crippen LogP contribution in [0, 0.1) is 6.92 Å². The van der Waals surface area contributed by atoms with Crippen molar-refractivity contribution in [3.05, 3.63) is 41.0 Å². The molecule has 90 valence electrons. The second kappa shape index (κ2) is 5.84. The standard InChI is InChI=1S/C13H14O4/c1-9-5-3-4-6-10(9)7-11(8-12(14)15)13(16)17-2/h3-7H,8H2,1-2H3,(H,14,15). The molecule has 0 unspecified atom stereocenters. The molecule has 0 fully saturated rings. The Hall–Kier alpha value is -2.10. The van der Waals surface area contributed by atoms with E-state index < -0.39 is 11.9 Å². The molecule has 0 saturated carbocycles. The topological polar surface area (TPSA) is 63.6 Å². The van der Waals surface area contributed by atoms with Gasteiger partial charge in [-0.25, -0.2) is 4.79 Å². The predicted molar refractivity (Wildman–Crippen MR) is 63.4 cm³/mol. The van der Waals surface area contributed by atoms with E-state index in [1.54, 1.807) is 6.08 Å². The number of aliphatic carboxylic acids is 1. The van der Waals surface area contributed by atoms with Gasteiger partial charge in [0.25, 0.3) is 0 Å². The van der Waals surface area contributed by atoms with Crippen LogP contribution >= 0.6 is 0 Å². The zero-order valence-corrected chi connectivity index (χ0v) is 9.77. The van der Waals surface area contributed by atoms with Gasteiger partial charge in [0.15, 0.2) is 0 Å². The van der Waals surface area contributed by atoms with Gasteiger partial charge < -0.3 is 9.84 Å². The van der Waals surface area contributed by atoms with Crippen molar-refractivity contribution in [2.75, 3.05) is 7.11 Å². The Kier molecular flexibility index (Phi) is 4.46. The van der Waals surface area contributed by atoms with Crippen molar-refractivity contribution in [2.45, 2.75) is 13.3 Å². The minimum atomic E-state index is -1.06. The molecule has 1 aromatic carbocycles. The first-order chi connectivity index (χ1) is 8.04. The maximum atomic E-state index is 11.4. The third-order valence-electron chi connectivity index (χ3n) is 2.31. The molecule has 0 radical (unpaired) electrons. The number of hydrogen-bond donors (Lipinski definition) is 1. The zero-order valence-electron chi connectivity index (χ0n) is 9.77. The van der Waals surface area contributed by atoms with Crippen molar-refractivity contribution in [1.82, 2.24) is 0 Å². The van der Waals surface area contributed by atoms with E-state index in [2.05, 4.69) is 4.74 Å². The summed E-state index contributed by atoms with van der Waals surface area (Å²) in [7, 11) is 1.23. The largest absolute Gasteiger partial charge is 0.481 e. The van der Waals surface area contributed by atoms with Gasteiger partial charge in [-0.05, 0) is 24.1 Å². The number of benzene rings is 1. The molecule has 0 saturated heterocycles. The van der Waals surface area contributed by atoms with E-state index in [4.69, 9.17) is 5.11 Å². The van der Waals surface area contributed by atoms with Gasteiger partial charge in [-0.1, -0.05) is 24.3 Å². The number of hydrogen-bond acceptors (Lipinski definition) is 3. The normalized spacial score (nSPS) is 11.1. The van der Waals surface area contributed by atoms with Gasteiger partial charge in [0.1, 0.15) is 0 Å². The third-order valence-corrected chi connectivity index (χ3v) is 2.31. The highest BCUT2D eigenvalue weighted by Gasteiger charge is 2.13. The van der Waals surface area contributed by atoms with Crippen molar-refractivity contribution in [3.8, 4) is 0 Å². The molecule has 0 amide bonds. The zero-order chi connectivity index (χ0) is 12.8. The minimum Gasteiger partial charge on any atom is -0.481 e. The highest BCUT2D eigenvalue weighted by Crippen LogP contribution is 2.15. The monoisotopic (exact) mass is 234 g/mol. The van der Waals surface area contributed by atoms with Crippen LogP contribution in [0.4, 0.5) is 0 Å². The summed E-state index contributed by atoms with van der Waals surface area (Å²) in [5.41, 5.74) is 1.92. The second-order valence-corrected chi connectivity index (χ2v) is 3.59. The van der Waals surface area contributed by atoms with Crippen molar-refractivity contribution in [3.63, 3.8) is 0 Å². The Morgan fingerprint density at radius 1 is 1.35 bits per heavy atom. The highest BCUT2D eigenvalue weighted by molar-refractivity contribution is 5.98. The van der Waals surface area contributed by atoms with Crippen molar-refractivity contribution in [2.24, 2.45) is 0 Å². The summed E-state index contributed by atoms with van der Waals surface area (Å²) in [6.45, 7) is 1.89. The van der Waals surface area contributed by atoms with E-state index in [0.29, 0.717) is 0 Å². The average molecular weight is 234 g/mol. The molecule has 4 nitrogen and oxygen atoms in total. The lowest BCUT2D eigenvalue weighted by molar-refractivity contribution is -0.141. The molecule has 0 spiro atoms. The molecule has 0 bridgehead atoms. The maximum absolute atomic E-state index is 11.4. The Morgan fingerprint density at radius 3 is 2.53 bits per heavy atom. The molecule has 1 rings (SSSR count). The van der Waals surface area contributed by atoms with Crippen molar-refractivity contribution in [1.29, 1.82) is 0 Å². The van der Waals surface area contributed by atoms with Gasteiger partial charge in [0.2, 0.25) is 0 Å². The molecular weight excluding hydrogens is 220 g/mol. The number of carboxylic acid groups (broad SMARTS) is 1. The van der Waals surface area contributed by atoms with E-state index >= 15 is 0 Å². The molecule has 1 aromatic rings. The fourth-order valence-corrected chi connectivity index (χ4v) is 1.41. The van der Waals surface area contributed by atoms with E-state index in [1.165, 1.54) is 7.11 Å². The lowest BCUT2D eigenvalue weighted by atomic mass is 10.0. The van der Waals surface area contributed by atoms with Gasteiger partial charge >= 0.3 is 11.9 Å². The molecule has 4 heteroatoms. The number of carboxylic acids is 1. The van der Waals surface area contributed by atoms with Gasteiger partial charge in [0, 0.05) is 5.57 Å². The minimum absolute atomic E-state index is 0.134. The Labute approximate surface area is 99.5 Å². The second-order valence-electron chi connectivity index (χ2n) is 3.59. The summed E-state index contributed by atoms with van der Waals surface area (Å²) in [6, 6.07) is 7.41. The molecule has 17 heavy (non-hydrogen) atoms. The quantitative estimate of drug-likeness (QED) is 0.639. The highest BCUT2D eigenvalue weighted by atomic mass is 16.5. The first-order valence-corrected chi connectivity index (χ1v) is 5.11. The van der Waals surface area contributed by atoms with Crippen LogP contribution in [0.1, 0.15) is 17.5 Å². The number of methoxy groups -OCH3 is 1. The molecule has 0 aliphatic carbocycles. The molecular formula is C13H14O4. The molecule has 0 aromatic heterocycles. The number of carbonyl (C=O) groups is 2. The first-order valence-electron chi connectivity index (χ1n) is 5.11. The number of rotatable bonds is 4. The lowest BCUT2D eigenvalue weighted by Crippen LogP contribution is -2.09. The van der Waals surface area contributed by atoms with Crippen LogP contribution in [0.3, 0.4) is 0 Å². The fraction of sp³-hybridized carbons (Fsp3) is 0.231. The van der Waals surface area contributed by atoms with E-state index in [-0.39, 0.29) is 12.0 Å². The van der Waals surface area contributed by atoms with Crippen LogP contribution in [0.5, 0.6) is 0 Å². The fourth-order valence-electron chi connectivity index (χ4n) is 1.41. The summed E-state index contributed by atoms with van der Waals surface area (Å²) in [4.78, 5) is 22.1. The molecule has 1 N–H and O–H groups in total. The van der Waals surface area contributed by atoms with E-state index in [1.807, 2.05) is 31.2 Å². The molecule has 0 aliphatic heterocycles. The SMILES string of the molecule is COC(=O)C(=Cc1ccccc1C)CC(=O)O. The summed E-state index contributed by atoms with van der Waals surface area (Å²) in [5.74, 6) is -1.68. The predicted octanol–water partition coefficient (Wildman–Crippen LogP) is 2.03. The lowest BCUT2D eigenvalue weighted by Gasteiger charge is -2.04. The Morgan fingerprint density at radius 2 is 2.00 bits per heavy atom. The Balaban J connectivity index is 3.09. The third kappa shape index (κ3) is 3.75. The van der Waals surface area contributed by atoms with Crippen LogP contribution in [-0.4, -0.2) is 24.2 Å². The number of carbonyl (C=O) groups excluding carboxylic acids is 1. The summed E-state index contributed by atoms with van der Waals surface area (Å²) in [6.07, 6.45) is 1.20. The maximum Gasteiger partial charge on any atom is 0.334 e. The van der Waals surface area contributed by atoms with Crippen LogP contribution in [0.15, 0.2) is 29.8 Å². The number of ether oxygens (including phenoxy) is 1. The van der Waals surface area contributed by atoms with Crippen LogP contribution < -0.4 is 0 Å². The number of aryl methyl sites for hydroxylation is 1. The molecule has 0 heterocycles. The van der Waals surface area contributed by atoms with Crippen LogP contribution in [0.25, 0.3) is 6.08 Å². The van der Waals surface area contributed by atoms with E-state index in [0.717, 1.165) is 11.1 Å². The molecule has 0 aliphatic rings. The Bertz CT molecular complexity index is 460. The van der Waals surface area contributed by atoms with Crippen molar-refractivity contribution < 1.29 is 19.4 Å². The average Bonchev–Trinajstić information content (AvgIpc) is 2.29. The first kappa shape index (κ1) is 13.0. The summed E-state index contributed by atoms with van der Waals surface area (Å²) >= 11 is 0. The van der Waals surface area contributed by atoms with Gasteiger partial charge in [-0.3, -0.25) is 4.79 Å². The number of esters is 1. The summed E-state index contributed by atoms with van der Waals surface area (Å²) in [5, 5.41) is 8.73. The van der Waals surface area contributed by atoms with E-state index in [9.17, 15) is 9.59 Å². The van der Waals surface area contributed by atoms with Crippen LogP contribution in [-0.2, 0) is 14.3 Å². The van der Waals surface area contributed by atoms with Gasteiger partial charge in [0.05, 0.1) is 13.5 Å². The smallest absolute Gasteiger partial charge is 0.334 e.